The van der Waals surface area contributed by atoms with Crippen LogP contribution in [0.5, 0.6) is 0 Å². The van der Waals surface area contributed by atoms with Gasteiger partial charge in [0.15, 0.2) is 0 Å². The van der Waals surface area contributed by atoms with Crippen LogP contribution in [0.4, 0.5) is 0 Å². The summed E-state index contributed by atoms with van der Waals surface area (Å²) in [6.07, 6.45) is 3.17. The number of ether oxygens (including phenoxy) is 1. The van der Waals surface area contributed by atoms with Gasteiger partial charge in [0.2, 0.25) is 5.91 Å². The van der Waals surface area contributed by atoms with Crippen LogP contribution in [-0.4, -0.2) is 83.4 Å². The van der Waals surface area contributed by atoms with E-state index < -0.39 is 6.04 Å². The second-order valence-corrected chi connectivity index (χ2v) is 6.29. The lowest BCUT2D eigenvalue weighted by molar-refractivity contribution is -0.136. The summed E-state index contributed by atoms with van der Waals surface area (Å²) in [6, 6.07) is 1.21. The van der Waals surface area contributed by atoms with Gasteiger partial charge in [-0.2, -0.15) is 5.10 Å². The zero-order valence-corrected chi connectivity index (χ0v) is 14.1. The van der Waals surface area contributed by atoms with Crippen molar-refractivity contribution in [2.75, 3.05) is 45.9 Å². The van der Waals surface area contributed by atoms with Crippen LogP contribution >= 0.6 is 0 Å². The number of rotatable bonds is 5. The van der Waals surface area contributed by atoms with Crippen LogP contribution in [0.25, 0.3) is 0 Å². The number of aromatic nitrogens is 2. The van der Waals surface area contributed by atoms with Gasteiger partial charge in [0.05, 0.1) is 13.2 Å². The Morgan fingerprint density at radius 1 is 1.33 bits per heavy atom. The van der Waals surface area contributed by atoms with Crippen molar-refractivity contribution in [2.24, 2.45) is 7.05 Å². The SMILES string of the molecule is Cn1nccc1C(=O)NC1CCCN(CCN2CCOCC2)C1=O. The lowest BCUT2D eigenvalue weighted by atomic mass is 10.0. The van der Waals surface area contributed by atoms with E-state index in [-0.39, 0.29) is 11.8 Å². The van der Waals surface area contributed by atoms with E-state index in [1.54, 1.807) is 19.3 Å². The molecule has 1 N–H and O–H groups in total. The highest BCUT2D eigenvalue weighted by atomic mass is 16.5. The van der Waals surface area contributed by atoms with Gasteiger partial charge in [-0.1, -0.05) is 0 Å². The first-order valence-corrected chi connectivity index (χ1v) is 8.53. The van der Waals surface area contributed by atoms with Crippen molar-refractivity contribution in [1.29, 1.82) is 0 Å². The lowest BCUT2D eigenvalue weighted by Gasteiger charge is -2.35. The van der Waals surface area contributed by atoms with Crippen molar-refractivity contribution < 1.29 is 14.3 Å². The summed E-state index contributed by atoms with van der Waals surface area (Å²) in [4.78, 5) is 29.1. The highest BCUT2D eigenvalue weighted by Crippen LogP contribution is 2.13. The summed E-state index contributed by atoms with van der Waals surface area (Å²) >= 11 is 0. The number of amides is 2. The largest absolute Gasteiger partial charge is 0.379 e. The number of carbonyl (C=O) groups is 2. The predicted molar refractivity (Wildman–Crippen MR) is 87.5 cm³/mol. The molecule has 3 heterocycles. The van der Waals surface area contributed by atoms with E-state index >= 15 is 0 Å². The summed E-state index contributed by atoms with van der Waals surface area (Å²) in [5, 5.41) is 6.85. The molecule has 0 radical (unpaired) electrons. The van der Waals surface area contributed by atoms with Crippen LogP contribution in [0.15, 0.2) is 12.3 Å². The molecule has 1 aromatic heterocycles. The minimum absolute atomic E-state index is 0.0185. The number of hydrogen-bond acceptors (Lipinski definition) is 5. The fraction of sp³-hybridized carbons (Fsp3) is 0.688. The van der Waals surface area contributed by atoms with Gasteiger partial charge in [0, 0.05) is 46.0 Å². The Morgan fingerprint density at radius 3 is 2.83 bits per heavy atom. The van der Waals surface area contributed by atoms with Crippen LogP contribution in [0.1, 0.15) is 23.3 Å². The molecule has 2 fully saturated rings. The Morgan fingerprint density at radius 2 is 2.12 bits per heavy atom. The summed E-state index contributed by atoms with van der Waals surface area (Å²) < 4.78 is 6.85. The zero-order chi connectivity index (χ0) is 16.9. The second-order valence-electron chi connectivity index (χ2n) is 6.29. The van der Waals surface area contributed by atoms with Gasteiger partial charge in [-0.25, -0.2) is 0 Å². The molecule has 0 spiro atoms. The fourth-order valence-corrected chi connectivity index (χ4v) is 3.21. The smallest absolute Gasteiger partial charge is 0.270 e. The van der Waals surface area contributed by atoms with Crippen molar-refractivity contribution in [3.05, 3.63) is 18.0 Å². The van der Waals surface area contributed by atoms with Crippen molar-refractivity contribution >= 4 is 11.8 Å². The van der Waals surface area contributed by atoms with Crippen molar-refractivity contribution in [3.63, 3.8) is 0 Å². The molecule has 8 heteroatoms. The standard InChI is InChI=1S/C16H25N5O3/c1-19-14(4-5-17-19)15(22)18-13-3-2-6-21(16(13)23)8-7-20-9-11-24-12-10-20/h4-5,13H,2-3,6-12H2,1H3,(H,18,22). The van der Waals surface area contributed by atoms with E-state index in [1.165, 1.54) is 4.68 Å². The number of hydrogen-bond donors (Lipinski definition) is 1. The average Bonchev–Trinajstić information content (AvgIpc) is 3.03. The minimum Gasteiger partial charge on any atom is -0.379 e. The number of nitrogens with one attached hydrogen (secondary N) is 1. The summed E-state index contributed by atoms with van der Waals surface area (Å²) in [5.74, 6) is -0.228. The van der Waals surface area contributed by atoms with Crippen molar-refractivity contribution in [2.45, 2.75) is 18.9 Å². The first-order valence-electron chi connectivity index (χ1n) is 8.53. The van der Waals surface area contributed by atoms with Gasteiger partial charge >= 0.3 is 0 Å². The first-order chi connectivity index (χ1) is 11.6. The maximum absolute atomic E-state index is 12.6. The third kappa shape index (κ3) is 3.93. The van der Waals surface area contributed by atoms with E-state index in [1.807, 2.05) is 4.90 Å². The van der Waals surface area contributed by atoms with Crippen molar-refractivity contribution in [1.82, 2.24) is 24.9 Å². The third-order valence-electron chi connectivity index (χ3n) is 4.68. The highest BCUT2D eigenvalue weighted by Gasteiger charge is 2.30. The highest BCUT2D eigenvalue weighted by molar-refractivity contribution is 5.96. The van der Waals surface area contributed by atoms with Crippen molar-refractivity contribution in [3.8, 4) is 0 Å². The fourth-order valence-electron chi connectivity index (χ4n) is 3.21. The molecular formula is C16H25N5O3. The Kier molecular flexibility index (Phi) is 5.47. The molecule has 24 heavy (non-hydrogen) atoms. The summed E-state index contributed by atoms with van der Waals surface area (Å²) in [6.45, 7) is 5.69. The van der Waals surface area contributed by atoms with E-state index in [2.05, 4.69) is 15.3 Å². The Hall–Kier alpha value is -1.93. The third-order valence-corrected chi connectivity index (χ3v) is 4.68. The number of likely N-dealkylation sites (tertiary alicyclic amines) is 1. The molecule has 2 aliphatic rings. The van der Waals surface area contributed by atoms with Crippen LogP contribution in [-0.2, 0) is 16.6 Å². The first kappa shape index (κ1) is 16.9. The molecule has 2 amide bonds. The molecule has 0 aromatic carbocycles. The molecule has 2 aliphatic heterocycles. The molecule has 0 saturated carbocycles. The van der Waals surface area contributed by atoms with Gasteiger partial charge in [-0.05, 0) is 18.9 Å². The maximum Gasteiger partial charge on any atom is 0.270 e. The monoisotopic (exact) mass is 335 g/mol. The Balaban J connectivity index is 1.52. The van der Waals surface area contributed by atoms with Crippen LogP contribution in [0.3, 0.4) is 0 Å². The van der Waals surface area contributed by atoms with Crippen LogP contribution < -0.4 is 5.32 Å². The number of nitrogens with zero attached hydrogens (tertiary/aromatic N) is 4. The van der Waals surface area contributed by atoms with Gasteiger partial charge in [0.25, 0.3) is 5.91 Å². The van der Waals surface area contributed by atoms with Gasteiger partial charge in [0.1, 0.15) is 11.7 Å². The summed E-state index contributed by atoms with van der Waals surface area (Å²) in [7, 11) is 1.71. The molecule has 3 rings (SSSR count). The van der Waals surface area contributed by atoms with E-state index in [0.717, 1.165) is 45.8 Å². The van der Waals surface area contributed by atoms with Gasteiger partial charge in [-0.15, -0.1) is 0 Å². The molecule has 1 atom stereocenters. The number of piperidine rings is 1. The number of morpholine rings is 1. The van der Waals surface area contributed by atoms with Gasteiger partial charge in [-0.3, -0.25) is 19.2 Å². The topological polar surface area (TPSA) is 79.7 Å². The lowest BCUT2D eigenvalue weighted by Crippen LogP contribution is -2.54. The molecular weight excluding hydrogens is 310 g/mol. The Labute approximate surface area is 141 Å². The van der Waals surface area contributed by atoms with E-state index in [9.17, 15) is 9.59 Å². The summed E-state index contributed by atoms with van der Waals surface area (Å²) in [5.41, 5.74) is 0.466. The molecule has 2 saturated heterocycles. The second kappa shape index (κ2) is 7.76. The molecule has 0 bridgehead atoms. The average molecular weight is 335 g/mol. The molecule has 1 aromatic rings. The number of aryl methyl sites for hydroxylation is 1. The van der Waals surface area contributed by atoms with Gasteiger partial charge < -0.3 is 15.0 Å². The Bertz CT molecular complexity index is 582. The molecule has 8 nitrogen and oxygen atoms in total. The van der Waals surface area contributed by atoms with E-state index in [0.29, 0.717) is 18.7 Å². The minimum atomic E-state index is -0.439. The quantitative estimate of drug-likeness (QED) is 0.783. The maximum atomic E-state index is 12.6. The normalized spacial score (nSPS) is 22.6. The number of carbonyl (C=O) groups excluding carboxylic acids is 2. The van der Waals surface area contributed by atoms with Crippen LogP contribution in [0, 0.1) is 0 Å². The van der Waals surface area contributed by atoms with E-state index in [4.69, 9.17) is 4.74 Å². The molecule has 0 aliphatic carbocycles. The zero-order valence-electron chi connectivity index (χ0n) is 14.1. The molecule has 1 unspecified atom stereocenters. The predicted octanol–water partition coefficient (Wildman–Crippen LogP) is -0.527. The van der Waals surface area contributed by atoms with Crippen LogP contribution in [0.2, 0.25) is 0 Å². The molecule has 132 valence electrons.